The minimum Gasteiger partial charge on any atom is -0.365 e. The average Bonchev–Trinajstić information content (AvgIpc) is 2.52. The first kappa shape index (κ1) is 8.31. The summed E-state index contributed by atoms with van der Waals surface area (Å²) in [7, 11) is 0. The van der Waals surface area contributed by atoms with Crippen molar-refractivity contribution in [1.29, 1.82) is 0 Å². The van der Waals surface area contributed by atoms with Gasteiger partial charge in [-0.05, 0) is 12.8 Å². The molecular weight excluding hydrogens is 138 g/mol. The van der Waals surface area contributed by atoms with E-state index in [-0.39, 0.29) is 0 Å². The molecule has 1 unspecified atom stereocenters. The fourth-order valence-electron chi connectivity index (χ4n) is 1.34. The molecule has 1 aromatic heterocycles. The zero-order chi connectivity index (χ0) is 8.10. The molecule has 0 bridgehead atoms. The van der Waals surface area contributed by atoms with Gasteiger partial charge in [0, 0.05) is 12.0 Å². The van der Waals surface area contributed by atoms with Crippen molar-refractivity contribution in [2.75, 3.05) is 0 Å². The second kappa shape index (κ2) is 4.16. The van der Waals surface area contributed by atoms with Gasteiger partial charge in [-0.1, -0.05) is 25.4 Å². The van der Waals surface area contributed by atoms with Crippen molar-refractivity contribution in [2.45, 2.75) is 39.0 Å². The number of aromatic nitrogens is 1. The van der Waals surface area contributed by atoms with E-state index in [0.717, 1.165) is 12.1 Å². The Labute approximate surface area is 67.6 Å². The fourth-order valence-corrected chi connectivity index (χ4v) is 1.34. The number of nitrogens with zero attached hydrogens (tertiary/aromatic N) is 1. The lowest BCUT2D eigenvalue weighted by Gasteiger charge is -2.08. The smallest absolute Gasteiger partial charge is 0.124 e. The third kappa shape index (κ3) is 2.07. The van der Waals surface area contributed by atoms with E-state index in [1.165, 1.54) is 12.8 Å². The normalized spacial score (nSPS) is 13.3. The summed E-state index contributed by atoms with van der Waals surface area (Å²) in [6.45, 7) is 4.39. The van der Waals surface area contributed by atoms with Gasteiger partial charge < -0.3 is 4.52 Å². The Morgan fingerprint density at radius 3 is 2.82 bits per heavy atom. The van der Waals surface area contributed by atoms with Gasteiger partial charge in [-0.25, -0.2) is 0 Å². The van der Waals surface area contributed by atoms with Gasteiger partial charge in [0.05, 0.1) is 5.69 Å². The van der Waals surface area contributed by atoms with Gasteiger partial charge >= 0.3 is 0 Å². The molecule has 2 heteroatoms. The lowest BCUT2D eigenvalue weighted by molar-refractivity contribution is 0.400. The molecule has 0 saturated heterocycles. The van der Waals surface area contributed by atoms with Crippen molar-refractivity contribution in [3.63, 3.8) is 0 Å². The summed E-state index contributed by atoms with van der Waals surface area (Å²) in [6.07, 6.45) is 5.22. The summed E-state index contributed by atoms with van der Waals surface area (Å²) in [4.78, 5) is 0. The molecule has 1 atom stereocenters. The molecule has 1 heterocycles. The standard InChI is InChI=1S/C9H15NO/c1-3-5-8(4-2)9-6-7-11-10-9/h6-8H,3-5H2,1-2H3. The van der Waals surface area contributed by atoms with Crippen molar-refractivity contribution in [3.8, 4) is 0 Å². The molecule has 0 radical (unpaired) electrons. The summed E-state index contributed by atoms with van der Waals surface area (Å²) in [6, 6.07) is 1.96. The second-order valence-corrected chi connectivity index (χ2v) is 2.82. The van der Waals surface area contributed by atoms with Crippen molar-refractivity contribution in [2.24, 2.45) is 0 Å². The topological polar surface area (TPSA) is 26.0 Å². The van der Waals surface area contributed by atoms with Gasteiger partial charge in [-0.2, -0.15) is 0 Å². The van der Waals surface area contributed by atoms with Gasteiger partial charge in [0.15, 0.2) is 0 Å². The van der Waals surface area contributed by atoms with Crippen LogP contribution in [0.3, 0.4) is 0 Å². The van der Waals surface area contributed by atoms with Gasteiger partial charge in [-0.15, -0.1) is 0 Å². The van der Waals surface area contributed by atoms with Crippen LogP contribution in [0.2, 0.25) is 0 Å². The number of hydrogen-bond acceptors (Lipinski definition) is 2. The molecule has 62 valence electrons. The van der Waals surface area contributed by atoms with E-state index in [1.54, 1.807) is 6.26 Å². The molecule has 0 saturated carbocycles. The number of rotatable bonds is 4. The lowest BCUT2D eigenvalue weighted by atomic mass is 9.97. The van der Waals surface area contributed by atoms with Crippen molar-refractivity contribution < 1.29 is 4.52 Å². The molecule has 11 heavy (non-hydrogen) atoms. The highest BCUT2D eigenvalue weighted by atomic mass is 16.5. The Kier molecular flexibility index (Phi) is 3.14. The summed E-state index contributed by atoms with van der Waals surface area (Å²) < 4.78 is 4.79. The Morgan fingerprint density at radius 2 is 2.36 bits per heavy atom. The zero-order valence-electron chi connectivity index (χ0n) is 7.21. The van der Waals surface area contributed by atoms with Crippen LogP contribution in [0.4, 0.5) is 0 Å². The Bertz CT molecular complexity index is 181. The molecule has 2 nitrogen and oxygen atoms in total. The summed E-state index contributed by atoms with van der Waals surface area (Å²) in [5, 5.41) is 3.93. The van der Waals surface area contributed by atoms with E-state index in [1.807, 2.05) is 6.07 Å². The van der Waals surface area contributed by atoms with Crippen LogP contribution in [-0.2, 0) is 0 Å². The van der Waals surface area contributed by atoms with Crippen LogP contribution in [-0.4, -0.2) is 5.16 Å². The maximum atomic E-state index is 4.79. The van der Waals surface area contributed by atoms with Crippen LogP contribution in [0.25, 0.3) is 0 Å². The Hall–Kier alpha value is -0.790. The first-order valence-corrected chi connectivity index (χ1v) is 4.28. The van der Waals surface area contributed by atoms with E-state index in [4.69, 9.17) is 4.52 Å². The van der Waals surface area contributed by atoms with Gasteiger partial charge in [0.2, 0.25) is 0 Å². The molecule has 0 aliphatic carbocycles. The second-order valence-electron chi connectivity index (χ2n) is 2.82. The van der Waals surface area contributed by atoms with E-state index >= 15 is 0 Å². The van der Waals surface area contributed by atoms with Gasteiger partial charge in [0.25, 0.3) is 0 Å². The fraction of sp³-hybridized carbons (Fsp3) is 0.667. The SMILES string of the molecule is CCCC(CC)c1ccon1. The van der Waals surface area contributed by atoms with E-state index in [0.29, 0.717) is 5.92 Å². The van der Waals surface area contributed by atoms with Crippen molar-refractivity contribution in [3.05, 3.63) is 18.0 Å². The molecule has 0 N–H and O–H groups in total. The average molecular weight is 153 g/mol. The molecule has 0 aromatic carbocycles. The molecule has 0 amide bonds. The highest BCUT2D eigenvalue weighted by molar-refractivity contribution is 5.03. The summed E-state index contributed by atoms with van der Waals surface area (Å²) in [5.74, 6) is 0.596. The maximum absolute atomic E-state index is 4.79. The summed E-state index contributed by atoms with van der Waals surface area (Å²) in [5.41, 5.74) is 1.11. The van der Waals surface area contributed by atoms with E-state index in [9.17, 15) is 0 Å². The van der Waals surface area contributed by atoms with Crippen LogP contribution in [0.1, 0.15) is 44.7 Å². The van der Waals surface area contributed by atoms with Gasteiger partial charge in [0.1, 0.15) is 6.26 Å². The molecule has 1 aromatic rings. The van der Waals surface area contributed by atoms with Crippen LogP contribution < -0.4 is 0 Å². The monoisotopic (exact) mass is 153 g/mol. The highest BCUT2D eigenvalue weighted by Gasteiger charge is 2.10. The third-order valence-electron chi connectivity index (χ3n) is 2.01. The Balaban J connectivity index is 2.56. The molecule has 0 fully saturated rings. The molecule has 1 rings (SSSR count). The molecule has 0 aliphatic heterocycles. The lowest BCUT2D eigenvalue weighted by Crippen LogP contribution is -1.96. The van der Waals surface area contributed by atoms with Crippen LogP contribution in [0.5, 0.6) is 0 Å². The van der Waals surface area contributed by atoms with Crippen LogP contribution in [0, 0.1) is 0 Å². The van der Waals surface area contributed by atoms with Crippen LogP contribution >= 0.6 is 0 Å². The zero-order valence-corrected chi connectivity index (χ0v) is 7.21. The maximum Gasteiger partial charge on any atom is 0.124 e. The van der Waals surface area contributed by atoms with Gasteiger partial charge in [-0.3, -0.25) is 0 Å². The quantitative estimate of drug-likeness (QED) is 0.664. The minimum absolute atomic E-state index is 0.596. The summed E-state index contributed by atoms with van der Waals surface area (Å²) >= 11 is 0. The first-order chi connectivity index (χ1) is 5.38. The van der Waals surface area contributed by atoms with E-state index in [2.05, 4.69) is 19.0 Å². The molecule has 0 spiro atoms. The van der Waals surface area contributed by atoms with E-state index < -0.39 is 0 Å². The van der Waals surface area contributed by atoms with Crippen molar-refractivity contribution in [1.82, 2.24) is 5.16 Å². The van der Waals surface area contributed by atoms with Crippen LogP contribution in [0.15, 0.2) is 16.9 Å². The third-order valence-corrected chi connectivity index (χ3v) is 2.01. The minimum atomic E-state index is 0.596. The predicted molar refractivity (Wildman–Crippen MR) is 44.4 cm³/mol. The first-order valence-electron chi connectivity index (χ1n) is 4.28. The largest absolute Gasteiger partial charge is 0.365 e. The number of hydrogen-bond donors (Lipinski definition) is 0. The molecular formula is C9H15NO. The Morgan fingerprint density at radius 1 is 1.55 bits per heavy atom. The highest BCUT2D eigenvalue weighted by Crippen LogP contribution is 2.22. The molecule has 0 aliphatic rings. The predicted octanol–water partition coefficient (Wildman–Crippen LogP) is 2.97. The van der Waals surface area contributed by atoms with Crippen molar-refractivity contribution >= 4 is 0 Å².